The number of rotatable bonds is 2. The van der Waals surface area contributed by atoms with Gasteiger partial charge in [0.15, 0.2) is 0 Å². The van der Waals surface area contributed by atoms with Crippen LogP contribution < -0.4 is 0 Å². The molecule has 1 aromatic heterocycles. The molecule has 72 valence electrons. The summed E-state index contributed by atoms with van der Waals surface area (Å²) >= 11 is 0. The monoisotopic (exact) mass is 187 g/mol. The predicted octanol–water partition coefficient (Wildman–Crippen LogP) is 1.25. The van der Waals surface area contributed by atoms with Crippen molar-refractivity contribution in [1.29, 1.82) is 0 Å². The van der Waals surface area contributed by atoms with Gasteiger partial charge in [0.05, 0.1) is 12.9 Å². The fourth-order valence-corrected chi connectivity index (χ4v) is 1.55. The van der Waals surface area contributed by atoms with Crippen molar-refractivity contribution in [3.63, 3.8) is 0 Å². The number of aromatic amines is 1. The molecule has 3 nitrogen and oxygen atoms in total. The molecule has 2 rings (SSSR count). The molecule has 0 saturated carbocycles. The van der Waals surface area contributed by atoms with Crippen molar-refractivity contribution in [1.82, 2.24) is 14.9 Å². The molecule has 1 aromatic rings. The van der Waals surface area contributed by atoms with E-state index < -0.39 is 5.92 Å². The van der Waals surface area contributed by atoms with E-state index in [1.54, 1.807) is 17.4 Å². The van der Waals surface area contributed by atoms with Gasteiger partial charge in [0.1, 0.15) is 0 Å². The van der Waals surface area contributed by atoms with Crippen LogP contribution in [0.4, 0.5) is 8.78 Å². The van der Waals surface area contributed by atoms with Gasteiger partial charge < -0.3 is 4.98 Å². The molecule has 0 bridgehead atoms. The summed E-state index contributed by atoms with van der Waals surface area (Å²) < 4.78 is 25.5. The average Bonchev–Trinajstić information content (AvgIpc) is 2.61. The van der Waals surface area contributed by atoms with Crippen LogP contribution in [0.2, 0.25) is 0 Å². The molecule has 0 radical (unpaired) electrons. The number of alkyl halides is 2. The second-order valence-electron chi connectivity index (χ2n) is 3.39. The zero-order valence-corrected chi connectivity index (χ0v) is 7.13. The molecule has 0 atom stereocenters. The van der Waals surface area contributed by atoms with Crippen LogP contribution in [0.3, 0.4) is 0 Å². The molecule has 1 fully saturated rings. The lowest BCUT2D eigenvalue weighted by atomic mass is 10.3. The Morgan fingerprint density at radius 1 is 1.62 bits per heavy atom. The third-order valence-electron chi connectivity index (χ3n) is 2.20. The van der Waals surface area contributed by atoms with Gasteiger partial charge in [-0.05, 0) is 0 Å². The quantitative estimate of drug-likeness (QED) is 0.755. The van der Waals surface area contributed by atoms with Crippen molar-refractivity contribution < 1.29 is 8.78 Å². The highest BCUT2D eigenvalue weighted by Crippen LogP contribution is 2.27. The highest BCUT2D eigenvalue weighted by atomic mass is 19.3. The minimum atomic E-state index is -2.50. The maximum atomic E-state index is 12.8. The zero-order chi connectivity index (χ0) is 9.31. The summed E-state index contributed by atoms with van der Waals surface area (Å²) in [6, 6.07) is 0. The van der Waals surface area contributed by atoms with Crippen molar-refractivity contribution >= 4 is 0 Å². The van der Waals surface area contributed by atoms with Gasteiger partial charge in [0.2, 0.25) is 0 Å². The van der Waals surface area contributed by atoms with Crippen LogP contribution in [0.25, 0.3) is 0 Å². The molecular weight excluding hydrogens is 176 g/mol. The van der Waals surface area contributed by atoms with Gasteiger partial charge in [0.25, 0.3) is 5.92 Å². The van der Waals surface area contributed by atoms with Crippen LogP contribution in [0.1, 0.15) is 12.1 Å². The number of H-pyrrole nitrogens is 1. The Bertz CT molecular complexity index is 271. The van der Waals surface area contributed by atoms with E-state index in [9.17, 15) is 8.78 Å². The number of hydrogen-bond acceptors (Lipinski definition) is 2. The lowest BCUT2D eigenvalue weighted by Crippen LogP contribution is -2.24. The third-order valence-corrected chi connectivity index (χ3v) is 2.20. The molecule has 0 amide bonds. The van der Waals surface area contributed by atoms with E-state index in [-0.39, 0.29) is 13.0 Å². The second-order valence-corrected chi connectivity index (χ2v) is 3.39. The van der Waals surface area contributed by atoms with Gasteiger partial charge in [0, 0.05) is 31.4 Å². The summed E-state index contributed by atoms with van der Waals surface area (Å²) in [5.41, 5.74) is 0.887. The van der Waals surface area contributed by atoms with Crippen LogP contribution >= 0.6 is 0 Å². The van der Waals surface area contributed by atoms with Crippen LogP contribution in [0, 0.1) is 0 Å². The standard InChI is InChI=1S/C8H11F2N3/c9-8(10)1-2-13(5-8)4-7-3-11-6-12-7/h3,6H,1-2,4-5H2,(H,11,12). The average molecular weight is 187 g/mol. The molecule has 0 unspecified atom stereocenters. The molecule has 2 heterocycles. The lowest BCUT2D eigenvalue weighted by molar-refractivity contribution is 0.0114. The summed E-state index contributed by atoms with van der Waals surface area (Å²) in [5, 5.41) is 0. The molecule has 0 aliphatic carbocycles. The SMILES string of the molecule is FC1(F)CCN(Cc2cnc[nH]2)C1. The Morgan fingerprint density at radius 3 is 3.00 bits per heavy atom. The summed E-state index contributed by atoms with van der Waals surface area (Å²) in [4.78, 5) is 8.45. The van der Waals surface area contributed by atoms with E-state index in [0.29, 0.717) is 13.1 Å². The van der Waals surface area contributed by atoms with Crippen LogP contribution in [-0.2, 0) is 6.54 Å². The molecule has 13 heavy (non-hydrogen) atoms. The van der Waals surface area contributed by atoms with E-state index in [0.717, 1.165) is 5.69 Å². The molecule has 0 spiro atoms. The van der Waals surface area contributed by atoms with E-state index in [2.05, 4.69) is 9.97 Å². The topological polar surface area (TPSA) is 31.9 Å². The first-order valence-corrected chi connectivity index (χ1v) is 4.23. The molecule has 0 aromatic carbocycles. The fraction of sp³-hybridized carbons (Fsp3) is 0.625. The summed E-state index contributed by atoms with van der Waals surface area (Å²) in [6.07, 6.45) is 3.20. The zero-order valence-electron chi connectivity index (χ0n) is 7.13. The molecule has 1 aliphatic heterocycles. The van der Waals surface area contributed by atoms with Crippen molar-refractivity contribution in [2.75, 3.05) is 13.1 Å². The number of hydrogen-bond donors (Lipinski definition) is 1. The molecule has 1 N–H and O–H groups in total. The molecular formula is C8H11F2N3. The summed E-state index contributed by atoms with van der Waals surface area (Å²) in [5.74, 6) is -2.50. The van der Waals surface area contributed by atoms with Gasteiger partial charge in [-0.25, -0.2) is 13.8 Å². The number of aromatic nitrogens is 2. The first-order valence-electron chi connectivity index (χ1n) is 4.23. The molecule has 1 aliphatic rings. The van der Waals surface area contributed by atoms with Gasteiger partial charge in [-0.15, -0.1) is 0 Å². The van der Waals surface area contributed by atoms with Crippen molar-refractivity contribution in [2.24, 2.45) is 0 Å². The van der Waals surface area contributed by atoms with E-state index in [1.807, 2.05) is 0 Å². The smallest absolute Gasteiger partial charge is 0.261 e. The summed E-state index contributed by atoms with van der Waals surface area (Å²) in [7, 11) is 0. The predicted molar refractivity (Wildman–Crippen MR) is 43.4 cm³/mol. The van der Waals surface area contributed by atoms with Crippen LogP contribution in [-0.4, -0.2) is 33.9 Å². The van der Waals surface area contributed by atoms with E-state index in [4.69, 9.17) is 0 Å². The largest absolute Gasteiger partial charge is 0.347 e. The van der Waals surface area contributed by atoms with E-state index in [1.165, 1.54) is 0 Å². The third kappa shape index (κ3) is 2.03. The first-order chi connectivity index (χ1) is 6.16. The minimum Gasteiger partial charge on any atom is -0.347 e. The van der Waals surface area contributed by atoms with Crippen LogP contribution in [0.15, 0.2) is 12.5 Å². The van der Waals surface area contributed by atoms with Crippen LogP contribution in [0.5, 0.6) is 0 Å². The number of likely N-dealkylation sites (tertiary alicyclic amines) is 1. The van der Waals surface area contributed by atoms with Crippen molar-refractivity contribution in [3.8, 4) is 0 Å². The Balaban J connectivity index is 1.91. The Morgan fingerprint density at radius 2 is 2.46 bits per heavy atom. The van der Waals surface area contributed by atoms with Crippen molar-refractivity contribution in [3.05, 3.63) is 18.2 Å². The van der Waals surface area contributed by atoms with Crippen molar-refractivity contribution in [2.45, 2.75) is 18.9 Å². The molecule has 5 heteroatoms. The molecule has 1 saturated heterocycles. The second kappa shape index (κ2) is 3.06. The Kier molecular flexibility index (Phi) is 2.03. The number of nitrogens with zero attached hydrogens (tertiary/aromatic N) is 2. The maximum absolute atomic E-state index is 12.8. The Labute approximate surface area is 74.8 Å². The minimum absolute atomic E-state index is 0.0266. The van der Waals surface area contributed by atoms with Gasteiger partial charge in [-0.1, -0.05) is 0 Å². The number of halogens is 2. The van der Waals surface area contributed by atoms with Gasteiger partial charge in [-0.2, -0.15) is 0 Å². The first kappa shape index (κ1) is 8.62. The maximum Gasteiger partial charge on any atom is 0.261 e. The highest BCUT2D eigenvalue weighted by Gasteiger charge is 2.37. The highest BCUT2D eigenvalue weighted by molar-refractivity contribution is 4.95. The fourth-order valence-electron chi connectivity index (χ4n) is 1.55. The normalized spacial score (nSPS) is 22.3. The van der Waals surface area contributed by atoms with Gasteiger partial charge >= 0.3 is 0 Å². The van der Waals surface area contributed by atoms with Gasteiger partial charge in [-0.3, -0.25) is 4.90 Å². The Hall–Kier alpha value is -0.970. The lowest BCUT2D eigenvalue weighted by Gasteiger charge is -2.13. The summed E-state index contributed by atoms with van der Waals surface area (Å²) in [6.45, 7) is 0.869. The number of imidazole rings is 1. The van der Waals surface area contributed by atoms with E-state index >= 15 is 0 Å². The number of nitrogens with one attached hydrogen (secondary N) is 1.